The van der Waals surface area contributed by atoms with Crippen LogP contribution in [-0.2, 0) is 21.5 Å². The normalized spacial score (nSPS) is 12.0. The summed E-state index contributed by atoms with van der Waals surface area (Å²) in [6.45, 7) is 8.34. The van der Waals surface area contributed by atoms with E-state index in [1.54, 1.807) is 30.9 Å². The van der Waals surface area contributed by atoms with E-state index in [1.165, 1.54) is 13.2 Å². The number of amides is 1. The third-order valence-corrected chi connectivity index (χ3v) is 6.61. The topological polar surface area (TPSA) is 72.9 Å². The first kappa shape index (κ1) is 25.9. The maximum absolute atomic E-state index is 13.2. The molecule has 0 aliphatic heterocycles. The zero-order valence-electron chi connectivity index (χ0n) is 18.9. The molecule has 0 spiro atoms. The Morgan fingerprint density at radius 2 is 1.75 bits per heavy atom. The van der Waals surface area contributed by atoms with Gasteiger partial charge in [0.25, 0.3) is 0 Å². The highest BCUT2D eigenvalue weighted by atomic mass is 35.5. The first-order valence-corrected chi connectivity index (χ1v) is 12.1. The maximum Gasteiger partial charge on any atom is 0.339 e. The molecule has 176 valence electrons. The van der Waals surface area contributed by atoms with E-state index in [9.17, 15) is 17.6 Å². The highest BCUT2D eigenvalue weighted by Crippen LogP contribution is 2.32. The molecule has 0 radical (unpaired) electrons. The summed E-state index contributed by atoms with van der Waals surface area (Å²) >= 11 is 6.00. The minimum atomic E-state index is -4.22. The van der Waals surface area contributed by atoms with Crippen LogP contribution in [0.1, 0.15) is 33.3 Å². The summed E-state index contributed by atoms with van der Waals surface area (Å²) in [7, 11) is -2.82. The van der Waals surface area contributed by atoms with Crippen molar-refractivity contribution in [2.45, 2.75) is 39.1 Å². The Hall–Kier alpha value is -2.32. The summed E-state index contributed by atoms with van der Waals surface area (Å²) in [6, 6.07) is 9.17. The molecular weight excluding hydrogens is 457 g/mol. The lowest BCUT2D eigenvalue weighted by atomic mass is 9.93. The second-order valence-electron chi connectivity index (χ2n) is 8.57. The summed E-state index contributed by atoms with van der Waals surface area (Å²) in [5.74, 6) is -0.0763. The number of nitrogens with zero attached hydrogens (tertiary/aromatic N) is 1. The number of hydrogen-bond acceptors (Lipinski definition) is 5. The van der Waals surface area contributed by atoms with Crippen molar-refractivity contribution in [2.75, 3.05) is 19.5 Å². The van der Waals surface area contributed by atoms with E-state index >= 15 is 0 Å². The average molecular weight is 486 g/mol. The third-order valence-electron chi connectivity index (χ3n) is 4.69. The van der Waals surface area contributed by atoms with E-state index in [0.29, 0.717) is 12.1 Å². The van der Waals surface area contributed by atoms with Gasteiger partial charge in [0.05, 0.1) is 12.5 Å². The molecule has 0 aliphatic carbocycles. The van der Waals surface area contributed by atoms with Crippen LogP contribution in [0.3, 0.4) is 0 Å². The van der Waals surface area contributed by atoms with Crippen molar-refractivity contribution in [3.05, 3.63) is 53.8 Å². The minimum Gasteiger partial charge on any atom is -0.493 e. The van der Waals surface area contributed by atoms with E-state index in [2.05, 4.69) is 0 Å². The van der Waals surface area contributed by atoms with Crippen molar-refractivity contribution in [2.24, 2.45) is 11.3 Å². The van der Waals surface area contributed by atoms with Gasteiger partial charge in [-0.15, -0.1) is 11.6 Å². The van der Waals surface area contributed by atoms with Gasteiger partial charge >= 0.3 is 10.1 Å². The molecule has 0 atom stereocenters. The molecule has 9 heteroatoms. The van der Waals surface area contributed by atoms with Gasteiger partial charge in [0.15, 0.2) is 11.5 Å². The monoisotopic (exact) mass is 485 g/mol. The molecule has 2 aromatic carbocycles. The Morgan fingerprint density at radius 1 is 1.12 bits per heavy atom. The summed E-state index contributed by atoms with van der Waals surface area (Å²) in [4.78, 5) is 14.6. The fourth-order valence-electron chi connectivity index (χ4n) is 3.02. The average Bonchev–Trinajstić information content (AvgIpc) is 2.72. The van der Waals surface area contributed by atoms with Crippen LogP contribution in [0.25, 0.3) is 0 Å². The van der Waals surface area contributed by atoms with Gasteiger partial charge in [0.2, 0.25) is 5.91 Å². The summed E-state index contributed by atoms with van der Waals surface area (Å²) < 4.78 is 49.0. The van der Waals surface area contributed by atoms with Gasteiger partial charge in [0, 0.05) is 19.0 Å². The number of ether oxygens (including phenoxy) is 1. The summed E-state index contributed by atoms with van der Waals surface area (Å²) in [6.07, 6.45) is 0. The predicted octanol–water partition coefficient (Wildman–Crippen LogP) is 4.85. The van der Waals surface area contributed by atoms with Crippen molar-refractivity contribution >= 4 is 27.6 Å². The van der Waals surface area contributed by atoms with Gasteiger partial charge in [-0.05, 0) is 61.7 Å². The Bertz CT molecular complexity index is 1040. The highest BCUT2D eigenvalue weighted by Gasteiger charge is 2.32. The number of hydrogen-bond donors (Lipinski definition) is 0. The standard InChI is InChI=1S/C23H29ClFNO5S/c1-16(2)13-26(22(27)23(3,4)15-24)14-17-6-11-20(30-5)21(12-17)31-32(28,29)19-9-7-18(25)8-10-19/h6-12,16H,13-15H2,1-5H3. The van der Waals surface area contributed by atoms with Crippen LogP contribution < -0.4 is 8.92 Å². The fourth-order valence-corrected chi connectivity index (χ4v) is 4.06. The number of halogens is 2. The highest BCUT2D eigenvalue weighted by molar-refractivity contribution is 7.87. The lowest BCUT2D eigenvalue weighted by molar-refractivity contribution is -0.140. The molecule has 0 saturated heterocycles. The lowest BCUT2D eigenvalue weighted by Gasteiger charge is -2.32. The van der Waals surface area contributed by atoms with Crippen LogP contribution in [-0.4, -0.2) is 38.8 Å². The molecule has 6 nitrogen and oxygen atoms in total. The Balaban J connectivity index is 2.37. The lowest BCUT2D eigenvalue weighted by Crippen LogP contribution is -2.43. The molecule has 0 heterocycles. The Kier molecular flexibility index (Phi) is 8.54. The molecule has 32 heavy (non-hydrogen) atoms. The van der Waals surface area contributed by atoms with E-state index in [1.807, 2.05) is 13.8 Å². The van der Waals surface area contributed by atoms with Crippen LogP contribution >= 0.6 is 11.6 Å². The Morgan fingerprint density at radius 3 is 2.28 bits per heavy atom. The number of methoxy groups -OCH3 is 1. The van der Waals surface area contributed by atoms with Crippen LogP contribution in [0.4, 0.5) is 4.39 Å². The number of carbonyl (C=O) groups excluding carboxylic acids is 1. The smallest absolute Gasteiger partial charge is 0.339 e. The maximum atomic E-state index is 13.2. The van der Waals surface area contributed by atoms with Crippen molar-refractivity contribution in [1.82, 2.24) is 4.90 Å². The molecule has 1 amide bonds. The molecule has 0 unspecified atom stereocenters. The van der Waals surface area contributed by atoms with Gasteiger partial charge in [-0.1, -0.05) is 19.9 Å². The van der Waals surface area contributed by atoms with Crippen LogP contribution in [0.5, 0.6) is 11.5 Å². The first-order chi connectivity index (χ1) is 14.9. The van der Waals surface area contributed by atoms with Gasteiger partial charge in [-0.25, -0.2) is 4.39 Å². The van der Waals surface area contributed by atoms with Crippen molar-refractivity contribution in [1.29, 1.82) is 0 Å². The molecular formula is C23H29ClFNO5S. The van der Waals surface area contributed by atoms with Crippen LogP contribution in [0.2, 0.25) is 0 Å². The molecule has 0 bridgehead atoms. The number of benzene rings is 2. The molecule has 2 aromatic rings. The number of rotatable bonds is 10. The SMILES string of the molecule is COc1ccc(CN(CC(C)C)C(=O)C(C)(C)CCl)cc1OS(=O)(=O)c1ccc(F)cc1. The molecule has 0 aliphatic rings. The van der Waals surface area contributed by atoms with E-state index < -0.39 is 21.4 Å². The van der Waals surface area contributed by atoms with Gasteiger partial charge in [-0.2, -0.15) is 8.42 Å². The third kappa shape index (κ3) is 6.59. The number of alkyl halides is 1. The Labute approximate surface area is 194 Å². The summed E-state index contributed by atoms with van der Waals surface area (Å²) in [5, 5.41) is 0. The second kappa shape index (κ2) is 10.5. The molecule has 0 aromatic heterocycles. The van der Waals surface area contributed by atoms with Crippen molar-refractivity contribution < 1.29 is 26.5 Å². The van der Waals surface area contributed by atoms with Gasteiger partial charge in [-0.3, -0.25) is 4.79 Å². The van der Waals surface area contributed by atoms with Crippen LogP contribution in [0.15, 0.2) is 47.4 Å². The van der Waals surface area contributed by atoms with E-state index in [4.69, 9.17) is 20.5 Å². The quantitative estimate of drug-likeness (QED) is 0.355. The van der Waals surface area contributed by atoms with Gasteiger partial charge in [0.1, 0.15) is 10.7 Å². The van der Waals surface area contributed by atoms with Gasteiger partial charge < -0.3 is 13.8 Å². The van der Waals surface area contributed by atoms with E-state index in [-0.39, 0.29) is 40.6 Å². The molecule has 0 saturated carbocycles. The molecule has 0 N–H and O–H groups in total. The zero-order valence-corrected chi connectivity index (χ0v) is 20.5. The first-order valence-electron chi connectivity index (χ1n) is 10.1. The van der Waals surface area contributed by atoms with Crippen molar-refractivity contribution in [3.63, 3.8) is 0 Å². The zero-order chi connectivity index (χ0) is 24.1. The van der Waals surface area contributed by atoms with Crippen LogP contribution in [0, 0.1) is 17.2 Å². The summed E-state index contributed by atoms with van der Waals surface area (Å²) in [5.41, 5.74) is -0.0803. The minimum absolute atomic E-state index is 0.0251. The number of carbonyl (C=O) groups is 1. The molecule has 2 rings (SSSR count). The largest absolute Gasteiger partial charge is 0.493 e. The second-order valence-corrected chi connectivity index (χ2v) is 10.4. The fraction of sp³-hybridized carbons (Fsp3) is 0.435. The van der Waals surface area contributed by atoms with Crippen molar-refractivity contribution in [3.8, 4) is 11.5 Å². The van der Waals surface area contributed by atoms with E-state index in [0.717, 1.165) is 24.3 Å². The predicted molar refractivity (Wildman–Crippen MR) is 122 cm³/mol. The molecule has 0 fully saturated rings.